The van der Waals surface area contributed by atoms with Crippen LogP contribution in [0.2, 0.25) is 18.1 Å². The Bertz CT molecular complexity index is 2050. The van der Waals surface area contributed by atoms with Crippen molar-refractivity contribution in [3.05, 3.63) is 25.3 Å². The zero-order valence-corrected chi connectivity index (χ0v) is 34.0. The Kier molecular flexibility index (Phi) is 9.96. The van der Waals surface area contributed by atoms with E-state index in [1.54, 1.807) is 21.8 Å². The Morgan fingerprint density at radius 3 is 2.00 bits per heavy atom. The summed E-state index contributed by atoms with van der Waals surface area (Å²) >= 11 is 16.6. The Balaban J connectivity index is 1.23. The van der Waals surface area contributed by atoms with Crippen LogP contribution in [0.5, 0.6) is 0 Å². The monoisotopic (exact) mass is 816 g/mol. The first kappa shape index (κ1) is 37.6. The molecule has 10 atom stereocenters. The zero-order chi connectivity index (χ0) is 36.7. The van der Waals surface area contributed by atoms with E-state index in [1.165, 1.54) is 12.7 Å². The molecule has 4 aromatic heterocycles. The average molecular weight is 817 g/mol. The topological polar surface area (TPSA) is 230 Å². The second-order valence-corrected chi connectivity index (χ2v) is 27.8. The van der Waals surface area contributed by atoms with Crippen molar-refractivity contribution in [2.45, 2.75) is 88.7 Å². The van der Waals surface area contributed by atoms with Crippen LogP contribution >= 0.6 is 24.5 Å². The molecule has 7 rings (SSSR count). The van der Waals surface area contributed by atoms with Gasteiger partial charge in [0.1, 0.15) is 48.2 Å². The highest BCUT2D eigenvalue weighted by Gasteiger charge is 2.54. The molecule has 3 fully saturated rings. The highest BCUT2D eigenvalue weighted by molar-refractivity contribution is 8.61. The number of imidazole rings is 2. The number of ether oxygens (including phenoxy) is 2. The number of hydrogen-bond acceptors (Lipinski definition) is 15. The number of nitrogen functional groups attached to an aromatic ring is 2. The molecule has 278 valence electrons. The van der Waals surface area contributed by atoms with Crippen LogP contribution in [-0.2, 0) is 46.6 Å². The van der Waals surface area contributed by atoms with Crippen LogP contribution in [0, 0.1) is 5.92 Å². The van der Waals surface area contributed by atoms with Gasteiger partial charge in [0, 0.05) is 12.0 Å². The lowest BCUT2D eigenvalue weighted by Crippen LogP contribution is -2.52. The maximum atomic E-state index is 11.8. The highest BCUT2D eigenvalue weighted by Crippen LogP contribution is 2.54. The third kappa shape index (κ3) is 7.14. The molecule has 0 saturated carbocycles. The molecule has 0 amide bonds. The summed E-state index contributed by atoms with van der Waals surface area (Å²) in [6.07, 6.45) is 2.56. The van der Waals surface area contributed by atoms with Gasteiger partial charge in [-0.1, -0.05) is 27.7 Å². The van der Waals surface area contributed by atoms with Crippen LogP contribution in [0.15, 0.2) is 25.3 Å². The summed E-state index contributed by atoms with van der Waals surface area (Å²) in [7, 11) is -2.49. The minimum atomic E-state index is -3.73. The van der Waals surface area contributed by atoms with E-state index in [2.05, 4.69) is 73.9 Å². The molecule has 0 bridgehead atoms. The second kappa shape index (κ2) is 13.5. The number of anilines is 2. The second-order valence-electron chi connectivity index (χ2n) is 14.4. The quantitative estimate of drug-likeness (QED) is 0.0988. The summed E-state index contributed by atoms with van der Waals surface area (Å²) in [6.45, 7) is 8.87. The molecule has 0 aromatic carbocycles. The lowest BCUT2D eigenvalue weighted by molar-refractivity contribution is -0.0424. The number of rotatable bonds is 4. The van der Waals surface area contributed by atoms with E-state index in [4.69, 9.17) is 70.3 Å². The van der Waals surface area contributed by atoms with E-state index in [0.29, 0.717) is 22.3 Å². The predicted molar refractivity (Wildman–Crippen MR) is 204 cm³/mol. The number of nitrogens with zero attached hydrogens (tertiary/aromatic N) is 8. The lowest BCUT2D eigenvalue weighted by Gasteiger charge is -2.41. The maximum absolute atomic E-state index is 11.8. The van der Waals surface area contributed by atoms with E-state index in [9.17, 15) is 4.89 Å². The summed E-state index contributed by atoms with van der Waals surface area (Å²) in [6, 6.07) is -1.14. The Morgan fingerprint density at radius 1 is 0.882 bits per heavy atom. The van der Waals surface area contributed by atoms with Gasteiger partial charge in [-0.2, -0.15) is 0 Å². The van der Waals surface area contributed by atoms with Crippen molar-refractivity contribution in [1.82, 2.24) is 49.2 Å². The number of nitrogens with one attached hydrogen (secondary N) is 2. The molecule has 0 radical (unpaired) electrons. The van der Waals surface area contributed by atoms with Crippen LogP contribution in [0.3, 0.4) is 0 Å². The summed E-state index contributed by atoms with van der Waals surface area (Å²) in [4.78, 5) is 37.6. The molecule has 2 unspecified atom stereocenters. The number of fused-ring (bicyclic) bond motifs is 4. The van der Waals surface area contributed by atoms with Crippen LogP contribution in [0.1, 0.15) is 40.2 Å². The largest absolute Gasteiger partial charge is 0.408 e. The molecule has 18 nitrogen and oxygen atoms in total. The number of hydrogen-bond donors (Lipinski definition) is 6. The standard InChI is InChI=1S/C27H42N12O6P2S3Si/c1-13-16-14(43-25(13)38-11-34-18-21(28)30-9-32-23(18)38)7-41-46(40,48)36-17-15(8-42-47(49,50)37-16)44-26(20(17)45-51(5,6)27(2,3)4)39-12-35-19-22(29)31-10-33-24(19)39/h9-17,20,25-26H,7-8H2,1-6H3,(H2,28,30,32)(H2,29,31,33)(H2,36,40,48)(H2,37,49,50)/t13-,14-,15-,16+,17-,20-,25-,26-,46?/m1/s1. The van der Waals surface area contributed by atoms with Crippen LogP contribution in [0.25, 0.3) is 22.3 Å². The minimum absolute atomic E-state index is 0.0171. The molecule has 0 spiro atoms. The summed E-state index contributed by atoms with van der Waals surface area (Å²) in [5, 5.41) is 6.50. The first-order valence-electron chi connectivity index (χ1n) is 16.2. The van der Waals surface area contributed by atoms with Gasteiger partial charge >= 0.3 is 0 Å². The van der Waals surface area contributed by atoms with Crippen LogP contribution < -0.4 is 21.6 Å². The van der Waals surface area contributed by atoms with Gasteiger partial charge in [-0.25, -0.2) is 35.0 Å². The van der Waals surface area contributed by atoms with Crippen LogP contribution in [-0.4, -0.2) is 95.9 Å². The van der Waals surface area contributed by atoms with Gasteiger partial charge in [0.05, 0.1) is 31.9 Å². The first-order chi connectivity index (χ1) is 23.9. The predicted octanol–water partition coefficient (Wildman–Crippen LogP) is 2.99. The molecule has 3 aliphatic heterocycles. The third-order valence-electron chi connectivity index (χ3n) is 10.1. The Labute approximate surface area is 310 Å². The molecular weight excluding hydrogens is 775 g/mol. The molecule has 3 aliphatic rings. The smallest absolute Gasteiger partial charge is 0.259 e. The van der Waals surface area contributed by atoms with Crippen LogP contribution in [0.4, 0.5) is 11.6 Å². The van der Waals surface area contributed by atoms with Crippen molar-refractivity contribution < 1.29 is 27.8 Å². The van der Waals surface area contributed by atoms with Gasteiger partial charge in [-0.3, -0.25) is 14.2 Å². The molecule has 0 aliphatic carbocycles. The maximum Gasteiger partial charge on any atom is 0.259 e. The molecule has 24 heteroatoms. The number of nitrogens with two attached hydrogens (primary N) is 2. The average Bonchev–Trinajstić information content (AvgIpc) is 3.80. The summed E-state index contributed by atoms with van der Waals surface area (Å²) in [5.41, 5.74) is 11.0. The van der Waals surface area contributed by atoms with Crippen molar-refractivity contribution in [1.29, 1.82) is 0 Å². The third-order valence-corrected chi connectivity index (χ3v) is 18.8. The van der Waals surface area contributed by atoms with Crippen molar-refractivity contribution in [3.63, 3.8) is 0 Å². The number of thiol groups is 1. The highest BCUT2D eigenvalue weighted by atomic mass is 32.9. The SMILES string of the molecule is C[C@@H]1[C@@H]2NP(=S)(S)OC[C@H]3O[C@@H](n4cnc5c(N)ncnc54)[C@H](O[Si](C)(C)C(C)(C)C)[C@@H]3NP(O)(=S)OC[C@H]2O[C@H]1n1cnc2c(N)ncnc21. The van der Waals surface area contributed by atoms with Crippen molar-refractivity contribution in [2.75, 3.05) is 24.7 Å². The fourth-order valence-corrected chi connectivity index (χ4v) is 11.7. The Morgan fingerprint density at radius 2 is 1.41 bits per heavy atom. The molecule has 51 heavy (non-hydrogen) atoms. The molecule has 4 aromatic rings. The van der Waals surface area contributed by atoms with Gasteiger partial charge in [0.2, 0.25) is 0 Å². The van der Waals surface area contributed by atoms with Gasteiger partial charge in [0.15, 0.2) is 43.1 Å². The number of aromatic nitrogens is 8. The van der Waals surface area contributed by atoms with E-state index >= 15 is 0 Å². The fourth-order valence-electron chi connectivity index (χ4n) is 6.38. The van der Waals surface area contributed by atoms with E-state index < -0.39 is 63.4 Å². The van der Waals surface area contributed by atoms with E-state index in [0.717, 1.165) is 0 Å². The summed E-state index contributed by atoms with van der Waals surface area (Å²) in [5.74, 6) is 0.271. The molecule has 7 heterocycles. The summed E-state index contributed by atoms with van der Waals surface area (Å²) < 4.78 is 36.5. The van der Waals surface area contributed by atoms with Crippen molar-refractivity contribution >= 4 is 90.4 Å². The minimum Gasteiger partial charge on any atom is -0.408 e. The first-order valence-corrected chi connectivity index (χ1v) is 25.7. The van der Waals surface area contributed by atoms with Crippen molar-refractivity contribution in [2.24, 2.45) is 5.92 Å². The molecule has 3 saturated heterocycles. The zero-order valence-electron chi connectivity index (χ0n) is 28.7. The normalized spacial score (nSPS) is 35.4. The van der Waals surface area contributed by atoms with Gasteiger partial charge in [0.25, 0.3) is 6.64 Å². The van der Waals surface area contributed by atoms with E-state index in [1.807, 2.05) is 6.92 Å². The Hall–Kier alpha value is -1.75. The molecule has 7 N–H and O–H groups in total. The lowest BCUT2D eigenvalue weighted by atomic mass is 10.00. The molecular formula is C27H42N12O6P2S3Si. The van der Waals surface area contributed by atoms with Gasteiger partial charge in [-0.05, 0) is 41.7 Å². The fraction of sp³-hybridized carbons (Fsp3) is 0.630. The van der Waals surface area contributed by atoms with Gasteiger partial charge in [-0.15, -0.1) is 12.2 Å². The van der Waals surface area contributed by atoms with E-state index in [-0.39, 0.29) is 35.8 Å². The van der Waals surface area contributed by atoms with Crippen molar-refractivity contribution in [3.8, 4) is 0 Å². The van der Waals surface area contributed by atoms with Gasteiger partial charge < -0.3 is 39.3 Å².